The SMILES string of the molecule is CC1CCn2c(-c3ccc(F)c(F)c3)nc(C(=O)N[C@H](C(=O)N(C)C)C(C)(C)C)c2CN1C.CC1CCn2c(-c3ccc(F)c(F)c3)nc(C(=O)N[C@H](CO)C(C)(C)C)c2CN1C.CNC(=O)[C@@H](NC(=O)c1nc(-c2ccncc2Cl)n2c1CN(C)C(C)CC2)C(C)(C)C.CNC(=O)[C@@H](NC(=O)c1nc(-c2nccs2)n2c1CN(C)C(C)CC2)C(C)(C)C. The van der Waals surface area contributed by atoms with Crippen molar-refractivity contribution in [3.05, 3.63) is 140 Å². The molecule has 29 nitrogen and oxygen atoms in total. The van der Waals surface area contributed by atoms with Crippen molar-refractivity contribution in [2.24, 2.45) is 21.7 Å². The molecule has 4 aliphatic rings. The Morgan fingerprint density at radius 2 is 0.829 bits per heavy atom. The molecular formula is C88H124ClF4N21O8S. The third-order valence-corrected chi connectivity index (χ3v) is 24.6. The first kappa shape index (κ1) is 97.0. The lowest BCUT2D eigenvalue weighted by Gasteiger charge is -2.32. The highest BCUT2D eigenvalue weighted by molar-refractivity contribution is 7.13. The van der Waals surface area contributed by atoms with E-state index in [9.17, 15) is 56.2 Å². The molecule has 0 aliphatic carbocycles. The first-order valence-corrected chi connectivity index (χ1v) is 42.8. The molecule has 7 N–H and O–H groups in total. The first-order valence-electron chi connectivity index (χ1n) is 41.6. The Morgan fingerprint density at radius 1 is 0.488 bits per heavy atom. The average molecular weight is 1750 g/mol. The molecule has 12 rings (SSSR count). The molecule has 8 aromatic rings. The van der Waals surface area contributed by atoms with Crippen LogP contribution in [-0.4, -0.2) is 230 Å². The first-order chi connectivity index (χ1) is 57.5. The quantitative estimate of drug-likeness (QED) is 0.0442. The van der Waals surface area contributed by atoms with Crippen LogP contribution in [-0.2, 0) is 66.7 Å². The number of carbonyl (C=O) groups is 7. The van der Waals surface area contributed by atoms with E-state index >= 15 is 0 Å². The van der Waals surface area contributed by atoms with E-state index < -0.39 is 69.6 Å². The monoisotopic (exact) mass is 1750 g/mol. The van der Waals surface area contributed by atoms with Gasteiger partial charge in [-0.05, 0) is 146 Å². The van der Waals surface area contributed by atoms with Crippen molar-refractivity contribution in [1.29, 1.82) is 0 Å². The van der Waals surface area contributed by atoms with Crippen LogP contribution in [0.4, 0.5) is 17.6 Å². The van der Waals surface area contributed by atoms with Gasteiger partial charge in [-0.1, -0.05) is 94.7 Å². The highest BCUT2D eigenvalue weighted by Crippen LogP contribution is 2.37. The molecule has 0 fully saturated rings. The molecule has 0 saturated heterocycles. The van der Waals surface area contributed by atoms with Gasteiger partial charge in [0, 0.05) is 145 Å². The summed E-state index contributed by atoms with van der Waals surface area (Å²) < 4.78 is 62.9. The normalized spacial score (nSPS) is 18.3. The summed E-state index contributed by atoms with van der Waals surface area (Å²) in [5.74, 6) is -3.82. The van der Waals surface area contributed by atoms with Gasteiger partial charge in [0.05, 0.1) is 40.4 Å². The number of imidazole rings is 4. The topological polar surface area (TPSA) is 325 Å². The third kappa shape index (κ3) is 22.8. The van der Waals surface area contributed by atoms with Gasteiger partial charge in [-0.25, -0.2) is 42.5 Å². The summed E-state index contributed by atoms with van der Waals surface area (Å²) in [4.78, 5) is 128. The zero-order chi connectivity index (χ0) is 91.1. The fourth-order valence-electron chi connectivity index (χ4n) is 14.9. The Balaban J connectivity index is 0.000000186. The maximum atomic E-state index is 14.0. The number of fused-ring (bicyclic) bond motifs is 4. The molecule has 35 heteroatoms. The molecule has 7 amide bonds. The Kier molecular flexibility index (Phi) is 31.5. The second-order valence-corrected chi connectivity index (χ2v) is 38.3. The van der Waals surface area contributed by atoms with Crippen molar-refractivity contribution in [3.8, 4) is 45.0 Å². The number of hydrogen-bond donors (Lipinski definition) is 7. The predicted molar refractivity (Wildman–Crippen MR) is 468 cm³/mol. The van der Waals surface area contributed by atoms with Gasteiger partial charge in [-0.2, -0.15) is 0 Å². The maximum absolute atomic E-state index is 14.0. The van der Waals surface area contributed by atoms with E-state index in [0.29, 0.717) is 115 Å². The fraction of sp³-hybridized carbons (Fsp3) is 0.557. The third-order valence-electron chi connectivity index (χ3n) is 23.5. The summed E-state index contributed by atoms with van der Waals surface area (Å²) in [7, 11) is 14.5. The van der Waals surface area contributed by atoms with Crippen LogP contribution in [0.25, 0.3) is 45.0 Å². The summed E-state index contributed by atoms with van der Waals surface area (Å²) in [6.45, 7) is 36.2. The van der Waals surface area contributed by atoms with Crippen LogP contribution in [0.15, 0.2) is 66.4 Å². The molecule has 670 valence electrons. The number of thiazole rings is 1. The van der Waals surface area contributed by atoms with Crippen molar-refractivity contribution < 1.29 is 56.2 Å². The lowest BCUT2D eigenvalue weighted by molar-refractivity contribution is -0.133. The Morgan fingerprint density at radius 3 is 1.15 bits per heavy atom. The minimum Gasteiger partial charge on any atom is -0.394 e. The zero-order valence-corrected chi connectivity index (χ0v) is 77.0. The van der Waals surface area contributed by atoms with Crippen LogP contribution in [0.1, 0.15) is 201 Å². The van der Waals surface area contributed by atoms with Gasteiger partial charge in [0.25, 0.3) is 23.6 Å². The zero-order valence-electron chi connectivity index (χ0n) is 75.5. The van der Waals surface area contributed by atoms with Gasteiger partial charge in [0.1, 0.15) is 35.6 Å². The van der Waals surface area contributed by atoms with E-state index in [1.165, 1.54) is 28.4 Å². The molecular weight excluding hydrogens is 1620 g/mol. The van der Waals surface area contributed by atoms with Crippen LogP contribution >= 0.6 is 22.9 Å². The number of aromatic nitrogens is 10. The minimum atomic E-state index is -0.973. The number of halogens is 5. The number of nitrogens with one attached hydrogen (secondary N) is 6. The fourth-order valence-corrected chi connectivity index (χ4v) is 15.7. The van der Waals surface area contributed by atoms with E-state index in [1.54, 1.807) is 52.8 Å². The van der Waals surface area contributed by atoms with E-state index in [-0.39, 0.29) is 64.9 Å². The highest BCUT2D eigenvalue weighted by atomic mass is 35.5. The predicted octanol–water partition coefficient (Wildman–Crippen LogP) is 11.3. The van der Waals surface area contributed by atoms with Gasteiger partial charge in [0.2, 0.25) is 17.7 Å². The minimum absolute atomic E-state index is 0.191. The molecule has 2 aromatic carbocycles. The summed E-state index contributed by atoms with van der Waals surface area (Å²) in [5, 5.41) is 29.8. The number of hydrogen-bond acceptors (Lipinski definition) is 19. The van der Waals surface area contributed by atoms with Crippen LogP contribution in [0.3, 0.4) is 0 Å². The molecule has 4 aliphatic heterocycles. The number of benzene rings is 2. The summed E-state index contributed by atoms with van der Waals surface area (Å²) >= 11 is 7.92. The van der Waals surface area contributed by atoms with E-state index in [1.807, 2.05) is 119 Å². The molecule has 0 saturated carbocycles. The second-order valence-electron chi connectivity index (χ2n) is 37.0. The van der Waals surface area contributed by atoms with E-state index in [4.69, 9.17) is 21.6 Å². The number of likely N-dealkylation sites (N-methyl/N-ethyl adjacent to an activating group) is 3. The van der Waals surface area contributed by atoms with Crippen LogP contribution < -0.4 is 31.9 Å². The van der Waals surface area contributed by atoms with Gasteiger partial charge in [-0.3, -0.25) is 58.1 Å². The maximum Gasteiger partial charge on any atom is 0.272 e. The molecule has 123 heavy (non-hydrogen) atoms. The number of rotatable bonds is 16. The van der Waals surface area contributed by atoms with Crippen molar-refractivity contribution >= 4 is 64.3 Å². The van der Waals surface area contributed by atoms with E-state index in [2.05, 4.69) is 115 Å². The van der Waals surface area contributed by atoms with Gasteiger partial charge < -0.3 is 60.2 Å². The van der Waals surface area contributed by atoms with E-state index in [0.717, 1.165) is 90.0 Å². The summed E-state index contributed by atoms with van der Waals surface area (Å²) in [6.07, 6.45) is 8.50. The number of amides is 7. The molecule has 6 aromatic heterocycles. The van der Waals surface area contributed by atoms with Crippen LogP contribution in [0.5, 0.6) is 0 Å². The number of aliphatic hydroxyl groups is 1. The van der Waals surface area contributed by atoms with Crippen molar-refractivity contribution in [1.82, 2.24) is 105 Å². The Hall–Kier alpha value is -9.84. The number of carbonyl (C=O) groups excluding carboxylic acids is 7. The van der Waals surface area contributed by atoms with Crippen LogP contribution in [0, 0.1) is 44.9 Å². The largest absolute Gasteiger partial charge is 0.394 e. The summed E-state index contributed by atoms with van der Waals surface area (Å²) in [5.41, 5.74) is 4.00. The average Bonchev–Trinajstić information content (AvgIpc) is 1.66. The number of aliphatic hydroxyl groups excluding tert-OH is 1. The Labute approximate surface area is 728 Å². The van der Waals surface area contributed by atoms with Gasteiger partial charge in [-0.15, -0.1) is 11.3 Å². The van der Waals surface area contributed by atoms with Crippen LogP contribution in [0.2, 0.25) is 5.02 Å². The lowest BCUT2D eigenvalue weighted by Crippen LogP contribution is -2.53. The molecule has 0 spiro atoms. The second kappa shape index (κ2) is 40.0. The summed E-state index contributed by atoms with van der Waals surface area (Å²) in [6, 6.07) is 7.79. The van der Waals surface area contributed by atoms with Crippen molar-refractivity contribution in [2.45, 2.75) is 237 Å². The van der Waals surface area contributed by atoms with Gasteiger partial charge in [0.15, 0.2) is 56.9 Å². The van der Waals surface area contributed by atoms with Crippen molar-refractivity contribution in [3.63, 3.8) is 0 Å². The Bertz CT molecular complexity index is 5110. The molecule has 10 heterocycles. The molecule has 0 radical (unpaired) electrons. The molecule has 8 atom stereocenters. The molecule has 0 bridgehead atoms. The standard InChI is InChI=1S/C24H33F2N5O2.C22H31ClN6O2.C22H30F2N4O2.C20H30N6O2S/c1-14-10-11-31-18(13-30(14)7)19(27-21(31)15-8-9-16(25)17(26)12-15)22(32)28-20(24(2,3)4)23(33)29(5)6;1-13-8-10-29-16(12-28(13)6)17(26-19(29)14-7-9-25-11-15(14)23)20(30)27-18(21(31)24-5)22(2,3)4;1-13-8-9-28-17(11-27(13)5)19(21(30)25-18(12-29)22(2,3)4)26-20(28)14-6-7-15(23)16(24)10-14;1-12-7-9-26-13(11-25(12)6)14(23-16(26)19-22-8-10-29-19)17(27)24-15(18(28)21-5)20(2,3)4/h8-9,12,14,20H,10-11,13H2,1-7H3,(H,28,32);7,9,11,13,18H,8,10,12H2,1-6H3,(H,24,31)(H,27,30);6-7,10,13,18,29H,8-9,11-12H2,1-5H3,(H,25,30);8,10,12,15H,7,9,11H2,1-6H3,(H,21,28)(H,24,27)/t14?,20-;2*13?,18-;12?,15-/m1111/s1. The van der Waals surface area contributed by atoms with Crippen molar-refractivity contribution in [2.75, 3.05) is 63.0 Å². The molecule has 4 unspecified atom stereocenters. The van der Waals surface area contributed by atoms with Gasteiger partial charge >= 0.3 is 0 Å². The highest BCUT2D eigenvalue weighted by Gasteiger charge is 2.41. The smallest absolute Gasteiger partial charge is 0.272 e. The lowest BCUT2D eigenvalue weighted by atomic mass is 9.85. The number of pyridine rings is 1. The number of nitrogens with zero attached hydrogens (tertiary/aromatic N) is 15.